The minimum absolute atomic E-state index is 0. The van der Waals surface area contributed by atoms with E-state index in [1.54, 1.807) is 12.1 Å². The molecule has 0 amide bonds. The monoisotopic (exact) mass is 551 g/mol. The van der Waals surface area contributed by atoms with Gasteiger partial charge < -0.3 is 15.0 Å². The molecule has 1 fully saturated rings. The van der Waals surface area contributed by atoms with Crippen LogP contribution in [0.3, 0.4) is 0 Å². The van der Waals surface area contributed by atoms with Crippen molar-refractivity contribution >= 4 is 23.3 Å². The first-order valence-corrected chi connectivity index (χ1v) is 12.6. The van der Waals surface area contributed by atoms with Crippen molar-refractivity contribution in [1.29, 1.82) is 0 Å². The fourth-order valence-corrected chi connectivity index (χ4v) is 4.64. The van der Waals surface area contributed by atoms with Gasteiger partial charge in [-0.1, -0.05) is 84.9 Å². The van der Waals surface area contributed by atoms with Gasteiger partial charge in [0.1, 0.15) is 0 Å². The summed E-state index contributed by atoms with van der Waals surface area (Å²) in [5, 5.41) is 25.3. The molecule has 0 radical (unpaired) electrons. The average molecular weight is 552 g/mol. The van der Waals surface area contributed by atoms with Crippen molar-refractivity contribution in [2.24, 2.45) is 9.98 Å². The third-order valence-corrected chi connectivity index (χ3v) is 6.52. The van der Waals surface area contributed by atoms with Crippen LogP contribution in [0, 0.1) is 0 Å². The molecule has 0 aromatic heterocycles. The number of likely N-dealkylation sites (tertiary alicyclic amines) is 1. The second-order valence-corrected chi connectivity index (χ2v) is 9.13. The Kier molecular flexibility index (Phi) is 11.0. The first kappa shape index (κ1) is 29.0. The third kappa shape index (κ3) is 7.50. The van der Waals surface area contributed by atoms with Crippen LogP contribution in [0.5, 0.6) is 0 Å². The Morgan fingerprint density at radius 1 is 1.00 bits per heavy atom. The van der Waals surface area contributed by atoms with Crippen LogP contribution in [0.25, 0.3) is 0 Å². The Bertz CT molecular complexity index is 1260. The van der Waals surface area contributed by atoms with Crippen molar-refractivity contribution in [2.75, 3.05) is 6.54 Å². The molecule has 6 nitrogen and oxygen atoms in total. The summed E-state index contributed by atoms with van der Waals surface area (Å²) in [5.41, 5.74) is 3.46. The molecule has 198 valence electrons. The molecule has 1 aliphatic heterocycles. The van der Waals surface area contributed by atoms with Gasteiger partial charge in [0.25, 0.3) is 0 Å². The second-order valence-electron chi connectivity index (χ2n) is 9.13. The zero-order valence-electron chi connectivity index (χ0n) is 21.1. The Morgan fingerprint density at radius 2 is 1.66 bits per heavy atom. The minimum Gasteiger partial charge on any atom is -0.861 e. The van der Waals surface area contributed by atoms with Crippen LogP contribution in [0.1, 0.15) is 42.4 Å². The number of hydrogen-bond donors (Lipinski definition) is 0. The first-order chi connectivity index (χ1) is 18.1. The van der Waals surface area contributed by atoms with Gasteiger partial charge >= 0.3 is 16.5 Å². The zero-order chi connectivity index (χ0) is 26.0. The van der Waals surface area contributed by atoms with Gasteiger partial charge in [-0.05, 0) is 49.8 Å². The summed E-state index contributed by atoms with van der Waals surface area (Å²) in [6.45, 7) is 5.23. The van der Waals surface area contributed by atoms with Crippen LogP contribution >= 0.6 is 0 Å². The van der Waals surface area contributed by atoms with Crippen LogP contribution < -0.4 is 10.2 Å². The molecule has 1 aliphatic rings. The van der Waals surface area contributed by atoms with E-state index >= 15 is 0 Å². The Balaban J connectivity index is 0.00000400. The first-order valence-electron chi connectivity index (χ1n) is 12.6. The number of benzene rings is 3. The van der Waals surface area contributed by atoms with Crippen molar-refractivity contribution in [3.8, 4) is 0 Å². The van der Waals surface area contributed by atoms with E-state index in [1.165, 1.54) is 0 Å². The molecule has 1 heterocycles. The van der Waals surface area contributed by atoms with Gasteiger partial charge in [0.15, 0.2) is 0 Å². The summed E-state index contributed by atoms with van der Waals surface area (Å²) in [4.78, 5) is 23.2. The summed E-state index contributed by atoms with van der Waals surface area (Å²) in [6.07, 6.45) is 4.13. The topological polar surface area (TPSA) is 91.2 Å². The smallest absolute Gasteiger partial charge is 0.861 e. The van der Waals surface area contributed by atoms with E-state index in [1.807, 2.05) is 66.7 Å². The predicted molar refractivity (Wildman–Crippen MR) is 144 cm³/mol. The SMILES string of the molecule is C=CCC[C@@H](N=C(c1ccccc1)c1ccccc1N=C([O-])[C@@H]1CCCN1Cc1ccccc1)C(=O)[O-].[Ni+2]. The summed E-state index contributed by atoms with van der Waals surface area (Å²) < 4.78 is 0. The van der Waals surface area contributed by atoms with Crippen molar-refractivity contribution in [2.45, 2.75) is 44.3 Å². The van der Waals surface area contributed by atoms with Gasteiger partial charge in [-0.15, -0.1) is 6.58 Å². The van der Waals surface area contributed by atoms with E-state index < -0.39 is 12.0 Å². The number of aliphatic carboxylic acids is 1. The summed E-state index contributed by atoms with van der Waals surface area (Å²) >= 11 is 0. The zero-order valence-corrected chi connectivity index (χ0v) is 22.1. The van der Waals surface area contributed by atoms with Crippen LogP contribution in [0.2, 0.25) is 0 Å². The number of hydrogen-bond acceptors (Lipinski definition) is 6. The molecule has 38 heavy (non-hydrogen) atoms. The second kappa shape index (κ2) is 14.4. The summed E-state index contributed by atoms with van der Waals surface area (Å²) in [6, 6.07) is 25.4. The maximum atomic E-state index is 13.4. The van der Waals surface area contributed by atoms with E-state index in [-0.39, 0.29) is 34.9 Å². The fourth-order valence-electron chi connectivity index (χ4n) is 4.64. The Morgan fingerprint density at radius 3 is 2.34 bits per heavy atom. The molecular weight excluding hydrogens is 521 g/mol. The van der Waals surface area contributed by atoms with Gasteiger partial charge in [-0.25, -0.2) is 0 Å². The number of rotatable bonds is 11. The van der Waals surface area contributed by atoms with Crippen molar-refractivity contribution < 1.29 is 31.5 Å². The van der Waals surface area contributed by atoms with Gasteiger partial charge in [-0.3, -0.25) is 14.9 Å². The van der Waals surface area contributed by atoms with Crippen molar-refractivity contribution in [1.82, 2.24) is 4.90 Å². The number of carbonyl (C=O) groups excluding carboxylic acids is 1. The number of para-hydroxylation sites is 1. The molecule has 0 aliphatic carbocycles. The largest absolute Gasteiger partial charge is 2.00 e. The Labute approximate surface area is 234 Å². The van der Waals surface area contributed by atoms with E-state index in [0.717, 1.165) is 30.5 Å². The van der Waals surface area contributed by atoms with Crippen LogP contribution in [-0.2, 0) is 27.8 Å². The van der Waals surface area contributed by atoms with Crippen molar-refractivity contribution in [3.63, 3.8) is 0 Å². The van der Waals surface area contributed by atoms with Crippen LogP contribution in [-0.4, -0.2) is 41.1 Å². The fraction of sp³-hybridized carbons (Fsp3) is 0.258. The van der Waals surface area contributed by atoms with Crippen molar-refractivity contribution in [3.05, 3.63) is 114 Å². The number of allylic oxidation sites excluding steroid dienone is 1. The van der Waals surface area contributed by atoms with Gasteiger partial charge in [0.2, 0.25) is 0 Å². The maximum Gasteiger partial charge on any atom is 2.00 e. The van der Waals surface area contributed by atoms with Crippen LogP contribution in [0.15, 0.2) is 108 Å². The number of carboxylic acids is 1. The van der Waals surface area contributed by atoms with Gasteiger partial charge in [0, 0.05) is 23.7 Å². The predicted octanol–water partition coefficient (Wildman–Crippen LogP) is 3.66. The van der Waals surface area contributed by atoms with Gasteiger partial charge in [-0.2, -0.15) is 0 Å². The molecule has 7 heteroatoms. The molecule has 0 N–H and O–H groups in total. The van der Waals surface area contributed by atoms with E-state index in [4.69, 9.17) is 0 Å². The number of aliphatic imine (C=N–C) groups is 2. The van der Waals surface area contributed by atoms with E-state index in [9.17, 15) is 15.0 Å². The normalized spacial score (nSPS) is 17.0. The molecule has 0 unspecified atom stereocenters. The molecule has 0 spiro atoms. The molecule has 0 bridgehead atoms. The molecule has 1 saturated heterocycles. The average Bonchev–Trinajstić information content (AvgIpc) is 3.38. The number of carboxylic acid groups (broad SMARTS) is 1. The van der Waals surface area contributed by atoms with E-state index in [0.29, 0.717) is 29.9 Å². The van der Waals surface area contributed by atoms with Crippen LogP contribution in [0.4, 0.5) is 5.69 Å². The Hall–Kier alpha value is -3.54. The molecule has 4 rings (SSSR count). The molecule has 3 aromatic rings. The summed E-state index contributed by atoms with van der Waals surface area (Å²) in [5.74, 6) is -1.44. The van der Waals surface area contributed by atoms with E-state index in [2.05, 4.69) is 33.6 Å². The third-order valence-electron chi connectivity index (χ3n) is 6.52. The maximum absolute atomic E-state index is 13.4. The standard InChI is InChI=1S/C31H33N3O3.Ni/c1-2-3-18-27(31(36)37)32-29(24-15-8-5-9-16-24)25-17-10-11-19-26(25)33-30(35)28-20-12-21-34(28)22-23-13-6-4-7-14-23;/h2,4-11,13-17,19,27-28H,1,3,12,18,20-22H2,(H,33,35)(H,36,37);/q;+2/p-2/t27-,28+;/m1./s1. The van der Waals surface area contributed by atoms with Gasteiger partial charge in [0.05, 0.1) is 23.4 Å². The quantitative estimate of drug-likeness (QED) is 0.157. The minimum atomic E-state index is -1.25. The molecular formula is C31H31N3NiO3. The molecule has 0 saturated carbocycles. The molecule has 2 atom stereocenters. The number of carbonyl (C=O) groups is 1. The summed E-state index contributed by atoms with van der Waals surface area (Å²) in [7, 11) is 0. The molecule has 3 aromatic carbocycles. The number of nitrogens with zero attached hydrogens (tertiary/aromatic N) is 3.